The van der Waals surface area contributed by atoms with Gasteiger partial charge in [0.2, 0.25) is 11.6 Å². The van der Waals surface area contributed by atoms with Crippen LogP contribution in [0.1, 0.15) is 34.6 Å². The van der Waals surface area contributed by atoms with Crippen LogP contribution in [0.25, 0.3) is 0 Å². The van der Waals surface area contributed by atoms with Crippen LogP contribution in [0.5, 0.6) is 0 Å². The molecule has 1 fully saturated rings. The summed E-state index contributed by atoms with van der Waals surface area (Å²) in [5.41, 5.74) is -3.51. The van der Waals surface area contributed by atoms with Crippen molar-refractivity contribution < 1.29 is 53.5 Å². The maximum absolute atomic E-state index is 14.0. The van der Waals surface area contributed by atoms with Crippen LogP contribution in [0, 0.1) is 58.2 Å². The van der Waals surface area contributed by atoms with E-state index >= 15 is 0 Å². The van der Waals surface area contributed by atoms with E-state index in [9.17, 15) is 53.5 Å². The normalized spacial score (nSPS) is 18.5. The molecular weight excluding hydrogens is 490 g/mol. The van der Waals surface area contributed by atoms with Gasteiger partial charge in [0.25, 0.3) is 11.8 Å². The molecule has 2 atom stereocenters. The van der Waals surface area contributed by atoms with E-state index in [1.54, 1.807) is 0 Å². The third kappa shape index (κ3) is 3.74. The van der Waals surface area contributed by atoms with Gasteiger partial charge in [0.05, 0.1) is 0 Å². The number of hydrogen-bond donors (Lipinski definition) is 0. The minimum atomic E-state index is -2.48. The van der Waals surface area contributed by atoms with Crippen LogP contribution in [0.15, 0.2) is 0 Å². The summed E-state index contributed by atoms with van der Waals surface area (Å²) < 4.78 is 137. The molecule has 2 unspecified atom stereocenters. The first-order valence-electron chi connectivity index (χ1n) is 9.37. The predicted molar refractivity (Wildman–Crippen MR) is 93.5 cm³/mol. The van der Waals surface area contributed by atoms with Crippen LogP contribution in [-0.2, 0) is 0 Å². The van der Waals surface area contributed by atoms with Gasteiger partial charge in [0.15, 0.2) is 46.5 Å². The summed E-state index contributed by atoms with van der Waals surface area (Å²) in [6.45, 7) is 1.05. The highest BCUT2D eigenvalue weighted by atomic mass is 19.2. The first kappa shape index (κ1) is 25.3. The first-order valence-corrected chi connectivity index (χ1v) is 9.37. The van der Waals surface area contributed by atoms with Gasteiger partial charge in [0, 0.05) is 25.2 Å². The smallest absolute Gasteiger partial charge is 0.260 e. The predicted octanol–water partition coefficient (Wildman–Crippen LogP) is 4.45. The van der Waals surface area contributed by atoms with Crippen molar-refractivity contribution in [1.29, 1.82) is 0 Å². The monoisotopic (exact) mass is 502 g/mol. The molecule has 0 spiro atoms. The zero-order valence-corrected chi connectivity index (χ0v) is 17.1. The lowest BCUT2D eigenvalue weighted by Gasteiger charge is -2.44. The molecule has 0 aromatic heterocycles. The van der Waals surface area contributed by atoms with Crippen LogP contribution >= 0.6 is 0 Å². The van der Waals surface area contributed by atoms with Crippen molar-refractivity contribution in [3.8, 4) is 0 Å². The average molecular weight is 502 g/mol. The number of rotatable bonds is 2. The number of halogens is 10. The minimum Gasteiger partial charge on any atom is -0.332 e. The van der Waals surface area contributed by atoms with Crippen molar-refractivity contribution >= 4 is 11.8 Å². The Balaban J connectivity index is 1.95. The van der Waals surface area contributed by atoms with Crippen LogP contribution in [0.2, 0.25) is 0 Å². The molecule has 2 aromatic rings. The Bertz CT molecular complexity index is 1070. The molecule has 1 aliphatic heterocycles. The zero-order chi connectivity index (χ0) is 25.8. The molecular formula is C20H12F10N2O2. The van der Waals surface area contributed by atoms with Gasteiger partial charge in [-0.05, 0) is 13.8 Å². The minimum absolute atomic E-state index is 0.638. The van der Waals surface area contributed by atoms with E-state index in [-0.39, 0.29) is 0 Å². The summed E-state index contributed by atoms with van der Waals surface area (Å²) in [7, 11) is 0. The van der Waals surface area contributed by atoms with Gasteiger partial charge < -0.3 is 9.80 Å². The van der Waals surface area contributed by atoms with E-state index in [4.69, 9.17) is 0 Å². The third-order valence-electron chi connectivity index (χ3n) is 5.36. The fourth-order valence-corrected chi connectivity index (χ4v) is 3.57. The Morgan fingerprint density at radius 2 is 0.706 bits per heavy atom. The molecule has 0 saturated carbocycles. The molecule has 184 valence electrons. The molecule has 0 aliphatic carbocycles. The SMILES string of the molecule is CC1CN(C(=O)c2c(F)c(F)c(F)c(F)c2F)C(C)CN1C(=O)c1c(F)c(F)c(F)c(F)c1F. The number of benzene rings is 2. The molecule has 1 saturated heterocycles. The maximum Gasteiger partial charge on any atom is 0.260 e. The van der Waals surface area contributed by atoms with E-state index < -0.39 is 106 Å². The molecule has 0 bridgehead atoms. The van der Waals surface area contributed by atoms with Gasteiger partial charge in [-0.3, -0.25) is 9.59 Å². The molecule has 0 N–H and O–H groups in total. The van der Waals surface area contributed by atoms with Crippen LogP contribution in [-0.4, -0.2) is 46.8 Å². The van der Waals surface area contributed by atoms with Crippen molar-refractivity contribution in [2.75, 3.05) is 13.1 Å². The van der Waals surface area contributed by atoms with Crippen molar-refractivity contribution in [1.82, 2.24) is 9.80 Å². The Morgan fingerprint density at radius 1 is 0.500 bits per heavy atom. The highest BCUT2D eigenvalue weighted by Crippen LogP contribution is 2.29. The summed E-state index contributed by atoms with van der Waals surface area (Å²) in [6.07, 6.45) is 0. The number of amides is 2. The van der Waals surface area contributed by atoms with Crippen molar-refractivity contribution in [3.05, 3.63) is 69.3 Å². The van der Waals surface area contributed by atoms with E-state index in [2.05, 4.69) is 0 Å². The van der Waals surface area contributed by atoms with E-state index in [1.165, 1.54) is 0 Å². The van der Waals surface area contributed by atoms with E-state index in [0.29, 0.717) is 9.80 Å². The lowest BCUT2D eigenvalue weighted by atomic mass is 10.0. The summed E-state index contributed by atoms with van der Waals surface area (Å²) in [6, 6.07) is -2.47. The number of piperazine rings is 1. The molecule has 14 heteroatoms. The first-order chi connectivity index (χ1) is 15.7. The fraction of sp³-hybridized carbons (Fsp3) is 0.300. The van der Waals surface area contributed by atoms with Gasteiger partial charge in [-0.2, -0.15) is 0 Å². The van der Waals surface area contributed by atoms with Crippen LogP contribution < -0.4 is 0 Å². The molecule has 2 aromatic carbocycles. The second-order valence-corrected chi connectivity index (χ2v) is 7.50. The Morgan fingerprint density at radius 3 is 0.941 bits per heavy atom. The second-order valence-electron chi connectivity index (χ2n) is 7.50. The Labute approximate surface area is 184 Å². The fourth-order valence-electron chi connectivity index (χ4n) is 3.57. The Kier molecular flexibility index (Phi) is 6.55. The number of hydrogen-bond acceptors (Lipinski definition) is 2. The number of carbonyl (C=O) groups is 2. The number of nitrogens with zero attached hydrogens (tertiary/aromatic N) is 2. The topological polar surface area (TPSA) is 40.6 Å². The van der Waals surface area contributed by atoms with Crippen molar-refractivity contribution in [2.45, 2.75) is 25.9 Å². The van der Waals surface area contributed by atoms with Crippen molar-refractivity contribution in [3.63, 3.8) is 0 Å². The third-order valence-corrected chi connectivity index (χ3v) is 5.36. The summed E-state index contributed by atoms with van der Waals surface area (Å²) >= 11 is 0. The van der Waals surface area contributed by atoms with E-state index in [1.807, 2.05) is 0 Å². The second kappa shape index (κ2) is 8.80. The summed E-state index contributed by atoms with van der Waals surface area (Å²) in [5.74, 6) is -27.2. The van der Waals surface area contributed by atoms with Gasteiger partial charge in [-0.25, -0.2) is 43.9 Å². The maximum atomic E-state index is 14.0. The molecule has 2 amide bonds. The van der Waals surface area contributed by atoms with Crippen LogP contribution in [0.3, 0.4) is 0 Å². The Hall–Kier alpha value is -3.32. The highest BCUT2D eigenvalue weighted by Gasteiger charge is 2.41. The van der Waals surface area contributed by atoms with Crippen LogP contribution in [0.4, 0.5) is 43.9 Å². The average Bonchev–Trinajstić information content (AvgIpc) is 2.80. The number of carbonyl (C=O) groups excluding carboxylic acids is 2. The molecule has 0 radical (unpaired) electrons. The largest absolute Gasteiger partial charge is 0.332 e. The van der Waals surface area contributed by atoms with E-state index in [0.717, 1.165) is 13.8 Å². The summed E-state index contributed by atoms with van der Waals surface area (Å²) in [5, 5.41) is 0. The molecule has 34 heavy (non-hydrogen) atoms. The van der Waals surface area contributed by atoms with Gasteiger partial charge in [0.1, 0.15) is 11.1 Å². The zero-order valence-electron chi connectivity index (χ0n) is 17.1. The van der Waals surface area contributed by atoms with Gasteiger partial charge in [-0.1, -0.05) is 0 Å². The summed E-state index contributed by atoms with van der Waals surface area (Å²) in [4.78, 5) is 26.5. The molecule has 1 heterocycles. The molecule has 3 rings (SSSR count). The lowest BCUT2D eigenvalue weighted by Crippen LogP contribution is -2.60. The lowest BCUT2D eigenvalue weighted by molar-refractivity contribution is 0.0256. The quantitative estimate of drug-likeness (QED) is 0.346. The van der Waals surface area contributed by atoms with Gasteiger partial charge >= 0.3 is 0 Å². The standard InChI is InChI=1S/C20H12F10N2O2/c1-5-3-32(20(34)8-11(23)15(27)18(30)16(28)12(8)24)6(2)4-31(5)19(33)7-9(21)13(25)17(29)14(26)10(7)22/h5-6H,3-4H2,1-2H3. The molecule has 4 nitrogen and oxygen atoms in total. The molecule has 1 aliphatic rings. The van der Waals surface area contributed by atoms with Gasteiger partial charge in [-0.15, -0.1) is 0 Å². The van der Waals surface area contributed by atoms with Crippen molar-refractivity contribution in [2.24, 2.45) is 0 Å². The highest BCUT2D eigenvalue weighted by molar-refractivity contribution is 5.97.